The van der Waals surface area contributed by atoms with E-state index < -0.39 is 17.7 Å². The van der Waals surface area contributed by atoms with E-state index in [0.717, 1.165) is 43.7 Å². The van der Waals surface area contributed by atoms with Crippen LogP contribution in [0.5, 0.6) is 0 Å². The average Bonchev–Trinajstić information content (AvgIpc) is 2.43. The third kappa shape index (κ3) is 3.75. The molecule has 1 aromatic rings. The van der Waals surface area contributed by atoms with Crippen LogP contribution in [0.1, 0.15) is 44.6 Å². The van der Waals surface area contributed by atoms with Gasteiger partial charge in [-0.25, -0.2) is 8.78 Å². The van der Waals surface area contributed by atoms with Gasteiger partial charge in [0.05, 0.1) is 6.10 Å². The molecule has 0 aliphatic heterocycles. The third-order valence-electron chi connectivity index (χ3n) is 4.45. The molecule has 1 unspecified atom stereocenters. The van der Waals surface area contributed by atoms with Gasteiger partial charge in [0.2, 0.25) is 0 Å². The molecule has 106 valence electrons. The fourth-order valence-electron chi connectivity index (χ4n) is 3.07. The molecule has 0 spiro atoms. The molecule has 19 heavy (non-hydrogen) atoms. The van der Waals surface area contributed by atoms with Crippen LogP contribution in [0.3, 0.4) is 0 Å². The minimum absolute atomic E-state index is 0.213. The van der Waals surface area contributed by atoms with E-state index >= 15 is 0 Å². The lowest BCUT2D eigenvalue weighted by molar-refractivity contribution is 0.0728. The lowest BCUT2D eigenvalue weighted by atomic mass is 9.77. The van der Waals surface area contributed by atoms with E-state index in [0.29, 0.717) is 0 Å². The summed E-state index contributed by atoms with van der Waals surface area (Å²) in [5.74, 6) is 0.126. The van der Waals surface area contributed by atoms with Crippen molar-refractivity contribution in [3.63, 3.8) is 0 Å². The predicted molar refractivity (Wildman–Crippen MR) is 71.8 cm³/mol. The number of hydrogen-bond acceptors (Lipinski definition) is 1. The molecule has 3 heteroatoms. The van der Waals surface area contributed by atoms with Crippen molar-refractivity contribution in [3.8, 4) is 0 Å². The van der Waals surface area contributed by atoms with Crippen molar-refractivity contribution in [1.29, 1.82) is 0 Å². The van der Waals surface area contributed by atoms with Gasteiger partial charge in [0, 0.05) is 6.42 Å². The summed E-state index contributed by atoms with van der Waals surface area (Å²) in [4.78, 5) is 0. The van der Waals surface area contributed by atoms with Crippen LogP contribution in [0.2, 0.25) is 0 Å². The average molecular weight is 268 g/mol. The van der Waals surface area contributed by atoms with Crippen LogP contribution in [0, 0.1) is 23.5 Å². The lowest BCUT2D eigenvalue weighted by Crippen LogP contribution is -2.27. The van der Waals surface area contributed by atoms with Crippen molar-refractivity contribution in [2.45, 2.75) is 51.6 Å². The summed E-state index contributed by atoms with van der Waals surface area (Å²) < 4.78 is 26.6. The Morgan fingerprint density at radius 1 is 1.21 bits per heavy atom. The highest BCUT2D eigenvalue weighted by Crippen LogP contribution is 2.33. The Morgan fingerprint density at radius 2 is 1.89 bits per heavy atom. The maximum Gasteiger partial charge on any atom is 0.126 e. The molecule has 1 aromatic carbocycles. The van der Waals surface area contributed by atoms with E-state index in [1.165, 1.54) is 12.5 Å². The summed E-state index contributed by atoms with van der Waals surface area (Å²) in [5, 5.41) is 10.2. The molecule has 0 radical (unpaired) electrons. The highest BCUT2D eigenvalue weighted by atomic mass is 19.1. The molecule has 0 heterocycles. The molecule has 1 N–H and O–H groups in total. The number of halogens is 2. The van der Waals surface area contributed by atoms with Gasteiger partial charge in [-0.15, -0.1) is 0 Å². The van der Waals surface area contributed by atoms with Gasteiger partial charge in [0.15, 0.2) is 0 Å². The molecule has 1 nitrogen and oxygen atoms in total. The summed E-state index contributed by atoms with van der Waals surface area (Å²) in [5.41, 5.74) is 0.283. The van der Waals surface area contributed by atoms with Gasteiger partial charge in [-0.05, 0) is 48.4 Å². The maximum absolute atomic E-state index is 13.5. The molecule has 0 saturated heterocycles. The molecule has 0 amide bonds. The number of benzene rings is 1. The van der Waals surface area contributed by atoms with Crippen molar-refractivity contribution in [1.82, 2.24) is 0 Å². The van der Waals surface area contributed by atoms with Crippen LogP contribution in [0.4, 0.5) is 8.78 Å². The zero-order valence-corrected chi connectivity index (χ0v) is 11.4. The molecule has 1 aliphatic rings. The summed E-state index contributed by atoms with van der Waals surface area (Å²) in [6.07, 6.45) is 5.13. The Kier molecular flexibility index (Phi) is 4.92. The fraction of sp³-hybridized carbons (Fsp3) is 0.625. The molecule has 1 atom stereocenters. The molecular formula is C16H22F2O. The van der Waals surface area contributed by atoms with Gasteiger partial charge >= 0.3 is 0 Å². The van der Waals surface area contributed by atoms with E-state index in [2.05, 4.69) is 6.92 Å². The number of hydrogen-bond donors (Lipinski definition) is 1. The van der Waals surface area contributed by atoms with Crippen LogP contribution in [0.15, 0.2) is 18.2 Å². The fourth-order valence-corrected chi connectivity index (χ4v) is 3.07. The van der Waals surface area contributed by atoms with Gasteiger partial charge in [0.1, 0.15) is 11.6 Å². The number of aliphatic hydroxyl groups excluding tert-OH is 1. The maximum atomic E-state index is 13.5. The second-order valence-electron chi connectivity index (χ2n) is 5.70. The molecule has 1 saturated carbocycles. The highest BCUT2D eigenvalue weighted by Gasteiger charge is 2.26. The van der Waals surface area contributed by atoms with Gasteiger partial charge < -0.3 is 5.11 Å². The smallest absolute Gasteiger partial charge is 0.126 e. The second kappa shape index (κ2) is 6.47. The van der Waals surface area contributed by atoms with Gasteiger partial charge in [-0.1, -0.05) is 26.2 Å². The first-order valence-corrected chi connectivity index (χ1v) is 7.22. The normalized spacial score (nSPS) is 25.3. The van der Waals surface area contributed by atoms with Gasteiger partial charge in [-0.3, -0.25) is 0 Å². The first-order chi connectivity index (χ1) is 9.10. The topological polar surface area (TPSA) is 20.2 Å². The Morgan fingerprint density at radius 3 is 2.53 bits per heavy atom. The minimum Gasteiger partial charge on any atom is -0.392 e. The van der Waals surface area contributed by atoms with Crippen molar-refractivity contribution < 1.29 is 13.9 Å². The Balaban J connectivity index is 1.94. The van der Waals surface area contributed by atoms with E-state index in [4.69, 9.17) is 0 Å². The predicted octanol–water partition coefficient (Wildman–Crippen LogP) is 4.08. The first kappa shape index (κ1) is 14.4. The standard InChI is InChI=1S/C16H22F2O/c1-2-11-3-5-12(6-4-11)16(19)10-13-9-14(17)7-8-15(13)18/h7-9,11-12,16,19H,2-6,10H2,1H3. The summed E-state index contributed by atoms with van der Waals surface area (Å²) in [7, 11) is 0. The molecular weight excluding hydrogens is 246 g/mol. The summed E-state index contributed by atoms with van der Waals surface area (Å²) in [6, 6.07) is 3.43. The SMILES string of the molecule is CCC1CCC(C(O)Cc2cc(F)ccc2F)CC1. The van der Waals surface area contributed by atoms with E-state index in [1.54, 1.807) is 0 Å². The molecule has 0 aromatic heterocycles. The zero-order valence-electron chi connectivity index (χ0n) is 11.4. The van der Waals surface area contributed by atoms with Crippen molar-refractivity contribution >= 4 is 0 Å². The third-order valence-corrected chi connectivity index (χ3v) is 4.45. The number of aliphatic hydroxyl groups is 1. The minimum atomic E-state index is -0.561. The Bertz CT molecular complexity index is 411. The quantitative estimate of drug-likeness (QED) is 0.872. The van der Waals surface area contributed by atoms with Crippen molar-refractivity contribution in [3.05, 3.63) is 35.4 Å². The van der Waals surface area contributed by atoms with Crippen molar-refractivity contribution in [2.75, 3.05) is 0 Å². The highest BCUT2D eigenvalue weighted by molar-refractivity contribution is 5.19. The van der Waals surface area contributed by atoms with E-state index in [1.807, 2.05) is 0 Å². The Hall–Kier alpha value is -0.960. The first-order valence-electron chi connectivity index (χ1n) is 7.22. The van der Waals surface area contributed by atoms with Crippen molar-refractivity contribution in [2.24, 2.45) is 11.8 Å². The largest absolute Gasteiger partial charge is 0.392 e. The van der Waals surface area contributed by atoms with Gasteiger partial charge in [-0.2, -0.15) is 0 Å². The van der Waals surface area contributed by atoms with Gasteiger partial charge in [0.25, 0.3) is 0 Å². The lowest BCUT2D eigenvalue weighted by Gasteiger charge is -2.31. The van der Waals surface area contributed by atoms with Crippen LogP contribution >= 0.6 is 0 Å². The van der Waals surface area contributed by atoms with E-state index in [9.17, 15) is 13.9 Å². The monoisotopic (exact) mass is 268 g/mol. The number of rotatable bonds is 4. The molecule has 0 bridgehead atoms. The molecule has 2 rings (SSSR count). The van der Waals surface area contributed by atoms with Crippen LogP contribution in [-0.2, 0) is 6.42 Å². The Labute approximate surface area is 113 Å². The van der Waals surface area contributed by atoms with E-state index in [-0.39, 0.29) is 17.9 Å². The molecule has 1 aliphatic carbocycles. The summed E-state index contributed by atoms with van der Waals surface area (Å²) >= 11 is 0. The molecule has 1 fully saturated rings. The summed E-state index contributed by atoms with van der Waals surface area (Å²) in [6.45, 7) is 2.20. The second-order valence-corrected chi connectivity index (χ2v) is 5.70. The van der Waals surface area contributed by atoms with Crippen LogP contribution in [-0.4, -0.2) is 11.2 Å². The van der Waals surface area contributed by atoms with Crippen LogP contribution < -0.4 is 0 Å². The zero-order chi connectivity index (χ0) is 13.8. The van der Waals surface area contributed by atoms with Crippen LogP contribution in [0.25, 0.3) is 0 Å².